The van der Waals surface area contributed by atoms with E-state index in [1.807, 2.05) is 30.3 Å². The van der Waals surface area contributed by atoms with Crippen molar-refractivity contribution in [2.24, 2.45) is 5.73 Å². The summed E-state index contributed by atoms with van der Waals surface area (Å²) in [6.07, 6.45) is -0.960. The second-order valence-electron chi connectivity index (χ2n) is 4.39. The Labute approximate surface area is 122 Å². The number of hydrogen-bond donors (Lipinski definition) is 1. The minimum atomic E-state index is -0.960. The van der Waals surface area contributed by atoms with Crippen LogP contribution in [0.25, 0.3) is 0 Å². The number of benzene rings is 2. The summed E-state index contributed by atoms with van der Waals surface area (Å²) in [5, 5.41) is 0. The molecule has 0 heterocycles. The molecule has 2 aromatic carbocycles. The lowest BCUT2D eigenvalue weighted by atomic mass is 10.2. The minimum absolute atomic E-state index is 0.323. The quantitative estimate of drug-likeness (QED) is 0.856. The van der Waals surface area contributed by atoms with Gasteiger partial charge < -0.3 is 15.2 Å². The third kappa shape index (κ3) is 4.07. The predicted octanol–water partition coefficient (Wildman–Crippen LogP) is 2.51. The number of hydrogen-bond acceptors (Lipinski definition) is 4. The second-order valence-corrected chi connectivity index (χ2v) is 4.39. The largest absolute Gasteiger partial charge is 0.457 e. The molecule has 0 aliphatic heterocycles. The summed E-state index contributed by atoms with van der Waals surface area (Å²) in [5.74, 6) is 0.0100. The molecule has 0 saturated carbocycles. The molecule has 0 fully saturated rings. The van der Waals surface area contributed by atoms with Crippen LogP contribution in [0.15, 0.2) is 54.6 Å². The molecule has 5 heteroatoms. The summed E-state index contributed by atoms with van der Waals surface area (Å²) in [4.78, 5) is 22.6. The zero-order valence-electron chi connectivity index (χ0n) is 11.5. The molecule has 1 atom stereocenters. The molecule has 0 aliphatic carbocycles. The first-order valence-electron chi connectivity index (χ1n) is 6.39. The van der Waals surface area contributed by atoms with Crippen LogP contribution in [-0.2, 0) is 9.53 Å². The summed E-state index contributed by atoms with van der Waals surface area (Å²) >= 11 is 0. The topological polar surface area (TPSA) is 78.6 Å². The molecular weight excluding hydrogens is 270 g/mol. The Morgan fingerprint density at radius 3 is 2.10 bits per heavy atom. The highest BCUT2D eigenvalue weighted by molar-refractivity contribution is 5.92. The molecule has 108 valence electrons. The fraction of sp³-hybridized carbons (Fsp3) is 0.125. The summed E-state index contributed by atoms with van der Waals surface area (Å²) in [7, 11) is 0. The Bertz CT molecular complexity index is 622. The van der Waals surface area contributed by atoms with Crippen LogP contribution in [0, 0.1) is 0 Å². The van der Waals surface area contributed by atoms with E-state index >= 15 is 0 Å². The Morgan fingerprint density at radius 2 is 1.52 bits per heavy atom. The Balaban J connectivity index is 2.02. The van der Waals surface area contributed by atoms with Gasteiger partial charge in [0.2, 0.25) is 0 Å². The molecule has 21 heavy (non-hydrogen) atoms. The Morgan fingerprint density at radius 1 is 0.952 bits per heavy atom. The highest BCUT2D eigenvalue weighted by Crippen LogP contribution is 2.21. The zero-order valence-corrected chi connectivity index (χ0v) is 11.5. The second kappa shape index (κ2) is 6.56. The molecular formula is C16H15NO4. The minimum Gasteiger partial charge on any atom is -0.457 e. The van der Waals surface area contributed by atoms with Gasteiger partial charge in [0.1, 0.15) is 11.5 Å². The third-order valence-electron chi connectivity index (χ3n) is 2.75. The molecule has 2 rings (SSSR count). The first-order valence-corrected chi connectivity index (χ1v) is 6.39. The predicted molar refractivity (Wildman–Crippen MR) is 77.0 cm³/mol. The van der Waals surface area contributed by atoms with Gasteiger partial charge in [-0.25, -0.2) is 4.79 Å². The maximum absolute atomic E-state index is 11.8. The van der Waals surface area contributed by atoms with Gasteiger partial charge in [-0.05, 0) is 43.3 Å². The molecule has 0 spiro atoms. The van der Waals surface area contributed by atoms with Crippen molar-refractivity contribution in [3.05, 3.63) is 60.2 Å². The van der Waals surface area contributed by atoms with E-state index in [0.717, 1.165) is 0 Å². The average molecular weight is 285 g/mol. The van der Waals surface area contributed by atoms with Gasteiger partial charge in [-0.2, -0.15) is 0 Å². The molecule has 0 radical (unpaired) electrons. The van der Waals surface area contributed by atoms with E-state index in [0.29, 0.717) is 17.1 Å². The fourth-order valence-electron chi connectivity index (χ4n) is 1.57. The smallest absolute Gasteiger partial charge is 0.338 e. The van der Waals surface area contributed by atoms with E-state index in [4.69, 9.17) is 15.2 Å². The summed E-state index contributed by atoms with van der Waals surface area (Å²) in [5.41, 5.74) is 5.36. The molecule has 2 N–H and O–H groups in total. The van der Waals surface area contributed by atoms with Crippen molar-refractivity contribution in [2.45, 2.75) is 13.0 Å². The van der Waals surface area contributed by atoms with Crippen LogP contribution in [0.2, 0.25) is 0 Å². The average Bonchev–Trinajstić information content (AvgIpc) is 2.48. The van der Waals surface area contributed by atoms with E-state index in [-0.39, 0.29) is 0 Å². The first kappa shape index (κ1) is 14.6. The van der Waals surface area contributed by atoms with E-state index in [2.05, 4.69) is 0 Å². The maximum Gasteiger partial charge on any atom is 0.338 e. The SMILES string of the molecule is CC(OC(=O)c1ccc(Oc2ccccc2)cc1)C(N)=O. The number of nitrogens with two attached hydrogens (primary N) is 1. The van der Waals surface area contributed by atoms with Crippen LogP contribution in [0.3, 0.4) is 0 Å². The van der Waals surface area contributed by atoms with E-state index < -0.39 is 18.0 Å². The highest BCUT2D eigenvalue weighted by atomic mass is 16.5. The molecule has 1 amide bonds. The van der Waals surface area contributed by atoms with Gasteiger partial charge >= 0.3 is 5.97 Å². The third-order valence-corrected chi connectivity index (χ3v) is 2.75. The van der Waals surface area contributed by atoms with Crippen LogP contribution < -0.4 is 10.5 Å². The lowest BCUT2D eigenvalue weighted by molar-refractivity contribution is -0.125. The van der Waals surface area contributed by atoms with E-state index in [9.17, 15) is 9.59 Å². The van der Waals surface area contributed by atoms with E-state index in [1.54, 1.807) is 24.3 Å². The first-order chi connectivity index (χ1) is 10.1. The van der Waals surface area contributed by atoms with Crippen LogP contribution in [0.4, 0.5) is 0 Å². The number of para-hydroxylation sites is 1. The van der Waals surface area contributed by atoms with Gasteiger partial charge in [0.25, 0.3) is 5.91 Å². The zero-order chi connectivity index (χ0) is 15.2. The van der Waals surface area contributed by atoms with Crippen molar-refractivity contribution in [3.8, 4) is 11.5 Å². The number of carbonyl (C=O) groups excluding carboxylic acids is 2. The van der Waals surface area contributed by atoms with Crippen molar-refractivity contribution in [3.63, 3.8) is 0 Å². The molecule has 0 bridgehead atoms. The standard InChI is InChI=1S/C16H15NO4/c1-11(15(17)18)20-16(19)12-7-9-14(10-8-12)21-13-5-3-2-4-6-13/h2-11H,1H3,(H2,17,18). The van der Waals surface area contributed by atoms with Crippen molar-refractivity contribution in [2.75, 3.05) is 0 Å². The fourth-order valence-corrected chi connectivity index (χ4v) is 1.57. The van der Waals surface area contributed by atoms with Gasteiger partial charge in [-0.15, -0.1) is 0 Å². The normalized spacial score (nSPS) is 11.5. The Kier molecular flexibility index (Phi) is 4.56. The van der Waals surface area contributed by atoms with Crippen LogP contribution in [0.1, 0.15) is 17.3 Å². The molecule has 0 aliphatic rings. The number of esters is 1. The summed E-state index contributed by atoms with van der Waals surface area (Å²) < 4.78 is 10.5. The van der Waals surface area contributed by atoms with Crippen LogP contribution in [0.5, 0.6) is 11.5 Å². The van der Waals surface area contributed by atoms with Crippen LogP contribution >= 0.6 is 0 Å². The molecule has 1 unspecified atom stereocenters. The molecule has 0 aromatic heterocycles. The highest BCUT2D eigenvalue weighted by Gasteiger charge is 2.16. The maximum atomic E-state index is 11.8. The number of primary amides is 1. The number of carbonyl (C=O) groups is 2. The summed E-state index contributed by atoms with van der Waals surface area (Å²) in [6, 6.07) is 15.7. The lowest BCUT2D eigenvalue weighted by Crippen LogP contribution is -2.30. The van der Waals surface area contributed by atoms with E-state index in [1.165, 1.54) is 6.92 Å². The molecule has 5 nitrogen and oxygen atoms in total. The van der Waals surface area contributed by atoms with Gasteiger partial charge in [0.05, 0.1) is 5.56 Å². The number of ether oxygens (including phenoxy) is 2. The van der Waals surface area contributed by atoms with Crippen LogP contribution in [-0.4, -0.2) is 18.0 Å². The monoisotopic (exact) mass is 285 g/mol. The van der Waals surface area contributed by atoms with Gasteiger partial charge in [0, 0.05) is 0 Å². The van der Waals surface area contributed by atoms with Gasteiger partial charge in [-0.1, -0.05) is 18.2 Å². The number of amides is 1. The lowest BCUT2D eigenvalue weighted by Gasteiger charge is -2.10. The van der Waals surface area contributed by atoms with Crippen molar-refractivity contribution in [1.82, 2.24) is 0 Å². The van der Waals surface area contributed by atoms with Gasteiger partial charge in [-0.3, -0.25) is 4.79 Å². The van der Waals surface area contributed by atoms with Crippen molar-refractivity contribution >= 4 is 11.9 Å². The number of rotatable bonds is 5. The van der Waals surface area contributed by atoms with Crippen molar-refractivity contribution in [1.29, 1.82) is 0 Å². The summed E-state index contributed by atoms with van der Waals surface area (Å²) in [6.45, 7) is 1.42. The Hall–Kier alpha value is -2.82. The van der Waals surface area contributed by atoms with Gasteiger partial charge in [0.15, 0.2) is 6.10 Å². The molecule has 2 aromatic rings. The molecule has 0 saturated heterocycles. The van der Waals surface area contributed by atoms with Crippen molar-refractivity contribution < 1.29 is 19.1 Å².